The number of halogens is 3. The van der Waals surface area contributed by atoms with Gasteiger partial charge in [0.15, 0.2) is 0 Å². The van der Waals surface area contributed by atoms with E-state index in [1.807, 2.05) is 0 Å². The predicted octanol–water partition coefficient (Wildman–Crippen LogP) is 4.81. The fourth-order valence-electron chi connectivity index (χ4n) is 1.65. The van der Waals surface area contributed by atoms with Crippen LogP contribution in [-0.2, 0) is 0 Å². The molecule has 4 heteroatoms. The minimum absolute atomic E-state index is 0.283. The molecule has 0 saturated heterocycles. The van der Waals surface area contributed by atoms with Crippen LogP contribution in [0.15, 0.2) is 36.4 Å². The lowest BCUT2D eigenvalue weighted by Gasteiger charge is -2.12. The van der Waals surface area contributed by atoms with Crippen LogP contribution in [-0.4, -0.2) is 7.11 Å². The van der Waals surface area contributed by atoms with Gasteiger partial charge < -0.3 is 4.74 Å². The van der Waals surface area contributed by atoms with Crippen molar-refractivity contribution in [1.29, 1.82) is 0 Å². The molecule has 0 atom stereocenters. The highest BCUT2D eigenvalue weighted by Crippen LogP contribution is 2.40. The molecule has 0 spiro atoms. The Balaban J connectivity index is 2.76. The number of benzene rings is 2. The fourth-order valence-corrected chi connectivity index (χ4v) is 2.24. The van der Waals surface area contributed by atoms with Gasteiger partial charge in [-0.05, 0) is 24.3 Å². The second-order valence-electron chi connectivity index (χ2n) is 3.41. The lowest BCUT2D eigenvalue weighted by Crippen LogP contribution is -1.92. The Morgan fingerprint density at radius 3 is 2.12 bits per heavy atom. The van der Waals surface area contributed by atoms with Crippen molar-refractivity contribution in [3.63, 3.8) is 0 Å². The molecule has 0 aliphatic rings. The first kappa shape index (κ1) is 12.2. The Hall–Kier alpha value is -1.25. The van der Waals surface area contributed by atoms with Crippen LogP contribution in [0.5, 0.6) is 5.75 Å². The molecule has 17 heavy (non-hydrogen) atoms. The Bertz CT molecular complexity index is 535. The van der Waals surface area contributed by atoms with Crippen molar-refractivity contribution in [1.82, 2.24) is 0 Å². The van der Waals surface area contributed by atoms with Crippen molar-refractivity contribution in [2.45, 2.75) is 0 Å². The van der Waals surface area contributed by atoms with E-state index in [1.54, 1.807) is 30.3 Å². The van der Waals surface area contributed by atoms with Gasteiger partial charge in [-0.1, -0.05) is 35.3 Å². The summed E-state index contributed by atoms with van der Waals surface area (Å²) in [6, 6.07) is 9.61. The van der Waals surface area contributed by atoms with Gasteiger partial charge in [-0.15, -0.1) is 0 Å². The molecular formula is C13H9Cl2FO. The molecule has 0 amide bonds. The maximum Gasteiger partial charge on any atom is 0.134 e. The molecule has 0 radical (unpaired) electrons. The van der Waals surface area contributed by atoms with Gasteiger partial charge in [0.25, 0.3) is 0 Å². The summed E-state index contributed by atoms with van der Waals surface area (Å²) < 4.78 is 19.0. The first-order chi connectivity index (χ1) is 8.15. The molecule has 88 valence electrons. The molecule has 0 aliphatic heterocycles. The highest BCUT2D eigenvalue weighted by molar-refractivity contribution is 6.39. The summed E-state index contributed by atoms with van der Waals surface area (Å²) in [5, 5.41) is 0.779. The smallest absolute Gasteiger partial charge is 0.134 e. The van der Waals surface area contributed by atoms with E-state index in [0.29, 0.717) is 21.4 Å². The zero-order valence-corrected chi connectivity index (χ0v) is 10.5. The molecule has 2 aromatic carbocycles. The van der Waals surface area contributed by atoms with E-state index in [1.165, 1.54) is 13.2 Å². The summed E-state index contributed by atoms with van der Waals surface area (Å²) in [6.45, 7) is 0. The quantitative estimate of drug-likeness (QED) is 0.761. The molecule has 0 heterocycles. The van der Waals surface area contributed by atoms with Gasteiger partial charge in [0.2, 0.25) is 0 Å². The van der Waals surface area contributed by atoms with Crippen LogP contribution in [0.4, 0.5) is 4.39 Å². The van der Waals surface area contributed by atoms with Gasteiger partial charge in [-0.25, -0.2) is 4.39 Å². The van der Waals surface area contributed by atoms with Crippen molar-refractivity contribution in [2.24, 2.45) is 0 Å². The molecule has 2 aromatic rings. The zero-order valence-electron chi connectivity index (χ0n) is 9.01. The van der Waals surface area contributed by atoms with Crippen molar-refractivity contribution in [2.75, 3.05) is 7.11 Å². The predicted molar refractivity (Wildman–Crippen MR) is 68.4 cm³/mol. The fraction of sp³-hybridized carbons (Fsp3) is 0.0769. The summed E-state index contributed by atoms with van der Waals surface area (Å²) in [4.78, 5) is 0. The Labute approximate surface area is 109 Å². The molecule has 0 saturated carbocycles. The summed E-state index contributed by atoms with van der Waals surface area (Å²) in [5.41, 5.74) is 0.733. The average Bonchev–Trinajstić information content (AvgIpc) is 2.30. The van der Waals surface area contributed by atoms with E-state index in [-0.39, 0.29) is 5.56 Å². The van der Waals surface area contributed by atoms with Crippen molar-refractivity contribution < 1.29 is 9.13 Å². The van der Waals surface area contributed by atoms with Gasteiger partial charge in [-0.2, -0.15) is 0 Å². The third kappa shape index (κ3) is 2.24. The molecule has 0 N–H and O–H groups in total. The van der Waals surface area contributed by atoms with Crippen LogP contribution in [0.3, 0.4) is 0 Å². The van der Waals surface area contributed by atoms with Crippen LogP contribution >= 0.6 is 23.2 Å². The Morgan fingerprint density at radius 1 is 0.941 bits per heavy atom. The Kier molecular flexibility index (Phi) is 3.55. The lowest BCUT2D eigenvalue weighted by atomic mass is 10.0. The minimum Gasteiger partial charge on any atom is -0.496 e. The SMILES string of the molecule is COc1cccc(F)c1-c1c(Cl)cccc1Cl. The average molecular weight is 271 g/mol. The van der Waals surface area contributed by atoms with Crippen molar-refractivity contribution in [3.05, 3.63) is 52.3 Å². The number of methoxy groups -OCH3 is 1. The van der Waals surface area contributed by atoms with E-state index >= 15 is 0 Å². The van der Waals surface area contributed by atoms with Crippen LogP contribution < -0.4 is 4.74 Å². The molecule has 2 rings (SSSR count). The molecular weight excluding hydrogens is 262 g/mol. The second kappa shape index (κ2) is 4.94. The van der Waals surface area contributed by atoms with E-state index in [2.05, 4.69) is 0 Å². The standard InChI is InChI=1S/C13H9Cl2FO/c1-17-11-7-3-6-10(16)13(11)12-8(14)4-2-5-9(12)15/h2-7H,1H3. The van der Waals surface area contributed by atoms with E-state index in [9.17, 15) is 4.39 Å². The zero-order chi connectivity index (χ0) is 12.4. The van der Waals surface area contributed by atoms with Crippen LogP contribution in [0.1, 0.15) is 0 Å². The van der Waals surface area contributed by atoms with Gasteiger partial charge >= 0.3 is 0 Å². The topological polar surface area (TPSA) is 9.23 Å². The molecule has 0 unspecified atom stereocenters. The first-order valence-electron chi connectivity index (χ1n) is 4.92. The van der Waals surface area contributed by atoms with Crippen LogP contribution in [0, 0.1) is 5.82 Å². The summed E-state index contributed by atoms with van der Waals surface area (Å²) in [7, 11) is 1.48. The van der Waals surface area contributed by atoms with Crippen LogP contribution in [0.25, 0.3) is 11.1 Å². The highest BCUT2D eigenvalue weighted by Gasteiger charge is 2.17. The largest absolute Gasteiger partial charge is 0.496 e. The molecule has 0 aromatic heterocycles. The van der Waals surface area contributed by atoms with Crippen molar-refractivity contribution >= 4 is 23.2 Å². The molecule has 0 aliphatic carbocycles. The maximum atomic E-state index is 13.9. The van der Waals surface area contributed by atoms with E-state index in [4.69, 9.17) is 27.9 Å². The van der Waals surface area contributed by atoms with E-state index in [0.717, 1.165) is 0 Å². The van der Waals surface area contributed by atoms with E-state index < -0.39 is 5.82 Å². The number of ether oxygens (including phenoxy) is 1. The molecule has 1 nitrogen and oxygen atoms in total. The lowest BCUT2D eigenvalue weighted by molar-refractivity contribution is 0.413. The third-order valence-electron chi connectivity index (χ3n) is 2.41. The number of hydrogen-bond acceptors (Lipinski definition) is 1. The van der Waals surface area contributed by atoms with Crippen LogP contribution in [0.2, 0.25) is 10.0 Å². The second-order valence-corrected chi connectivity index (χ2v) is 4.23. The summed E-state index contributed by atoms with van der Waals surface area (Å²) >= 11 is 12.1. The highest BCUT2D eigenvalue weighted by atomic mass is 35.5. The summed E-state index contributed by atoms with van der Waals surface area (Å²) in [6.07, 6.45) is 0. The number of rotatable bonds is 2. The maximum absolute atomic E-state index is 13.9. The molecule has 0 fully saturated rings. The van der Waals surface area contributed by atoms with Gasteiger partial charge in [0.1, 0.15) is 11.6 Å². The van der Waals surface area contributed by atoms with Gasteiger partial charge in [0, 0.05) is 5.56 Å². The normalized spacial score (nSPS) is 10.4. The molecule has 0 bridgehead atoms. The number of hydrogen-bond donors (Lipinski definition) is 0. The van der Waals surface area contributed by atoms with Crippen molar-refractivity contribution in [3.8, 4) is 16.9 Å². The minimum atomic E-state index is -0.417. The first-order valence-corrected chi connectivity index (χ1v) is 5.67. The van der Waals surface area contributed by atoms with Gasteiger partial charge in [0.05, 0.1) is 22.7 Å². The van der Waals surface area contributed by atoms with Gasteiger partial charge in [-0.3, -0.25) is 0 Å². The third-order valence-corrected chi connectivity index (χ3v) is 3.04. The monoisotopic (exact) mass is 270 g/mol. The summed E-state index contributed by atoms with van der Waals surface area (Å²) in [5.74, 6) is -0.0145. The Morgan fingerprint density at radius 2 is 1.53 bits per heavy atom.